The van der Waals surface area contributed by atoms with Crippen molar-refractivity contribution >= 4 is 23.3 Å². The molecule has 0 radical (unpaired) electrons. The number of hydrazone groups is 1. The van der Waals surface area contributed by atoms with Crippen LogP contribution < -0.4 is 10.7 Å². The third-order valence-electron chi connectivity index (χ3n) is 4.94. The van der Waals surface area contributed by atoms with Crippen molar-refractivity contribution in [2.45, 2.75) is 26.7 Å². The van der Waals surface area contributed by atoms with Crippen molar-refractivity contribution < 1.29 is 0 Å². The second kappa shape index (κ2) is 9.09. The lowest BCUT2D eigenvalue weighted by Crippen LogP contribution is -2.26. The van der Waals surface area contributed by atoms with Gasteiger partial charge in [-0.2, -0.15) is 5.10 Å². The van der Waals surface area contributed by atoms with Crippen molar-refractivity contribution in [1.29, 1.82) is 0 Å². The van der Waals surface area contributed by atoms with Gasteiger partial charge in [-0.1, -0.05) is 48.0 Å². The molecule has 3 rings (SSSR count). The Balaban J connectivity index is 1.86. The molecule has 0 aliphatic rings. The minimum absolute atomic E-state index is 0.178. The highest BCUT2D eigenvalue weighted by atomic mass is 35.5. The van der Waals surface area contributed by atoms with Gasteiger partial charge in [0.25, 0.3) is 0 Å². The molecule has 0 amide bonds. The maximum atomic E-state index is 12.2. The quantitative estimate of drug-likeness (QED) is 0.437. The standard InChI is InChI=1S/C22H26ClN5O/c1-16-8-5-6-9-18(16)10-7-15-28(21-25-27(4)22(29)26(21)3)24-17(2)19-11-13-20(23)14-12-19/h5-6,8-9,11-14H,7,10,15H2,1-4H3/b24-17+. The average Bonchev–Trinajstić information content (AvgIpc) is 2.96. The Morgan fingerprint density at radius 1 is 1.14 bits per heavy atom. The summed E-state index contributed by atoms with van der Waals surface area (Å²) in [5, 5.41) is 11.7. The first-order chi connectivity index (χ1) is 13.9. The molecule has 29 heavy (non-hydrogen) atoms. The highest BCUT2D eigenvalue weighted by Gasteiger charge is 2.16. The van der Waals surface area contributed by atoms with E-state index >= 15 is 0 Å². The van der Waals surface area contributed by atoms with Crippen molar-refractivity contribution in [3.63, 3.8) is 0 Å². The lowest BCUT2D eigenvalue weighted by atomic mass is 10.0. The molecule has 0 aliphatic carbocycles. The third kappa shape index (κ3) is 4.95. The summed E-state index contributed by atoms with van der Waals surface area (Å²) in [6, 6.07) is 15.9. The fourth-order valence-corrected chi connectivity index (χ4v) is 3.33. The van der Waals surface area contributed by atoms with Gasteiger partial charge in [0, 0.05) is 25.7 Å². The molecule has 2 aromatic carbocycles. The van der Waals surface area contributed by atoms with Crippen LogP contribution in [-0.2, 0) is 20.5 Å². The highest BCUT2D eigenvalue weighted by molar-refractivity contribution is 6.30. The van der Waals surface area contributed by atoms with Crippen LogP contribution in [0.3, 0.4) is 0 Å². The molecule has 6 nitrogen and oxygen atoms in total. The number of benzene rings is 2. The zero-order valence-electron chi connectivity index (χ0n) is 17.3. The predicted molar refractivity (Wildman–Crippen MR) is 119 cm³/mol. The van der Waals surface area contributed by atoms with Crippen LogP contribution in [0.25, 0.3) is 0 Å². The van der Waals surface area contributed by atoms with Crippen LogP contribution in [0.5, 0.6) is 0 Å². The van der Waals surface area contributed by atoms with E-state index in [1.807, 2.05) is 36.2 Å². The van der Waals surface area contributed by atoms with Crippen molar-refractivity contribution in [2.24, 2.45) is 19.2 Å². The number of aromatic nitrogens is 3. The van der Waals surface area contributed by atoms with Crippen LogP contribution in [-0.4, -0.2) is 26.6 Å². The average molecular weight is 412 g/mol. The van der Waals surface area contributed by atoms with Gasteiger partial charge in [0.2, 0.25) is 5.95 Å². The number of nitrogens with zero attached hydrogens (tertiary/aromatic N) is 5. The van der Waals surface area contributed by atoms with E-state index in [2.05, 4.69) is 36.3 Å². The van der Waals surface area contributed by atoms with Gasteiger partial charge in [0.1, 0.15) is 0 Å². The van der Waals surface area contributed by atoms with Crippen LogP contribution >= 0.6 is 11.6 Å². The van der Waals surface area contributed by atoms with E-state index in [-0.39, 0.29) is 5.69 Å². The molecule has 1 heterocycles. The molecule has 0 fully saturated rings. The number of hydrogen-bond donors (Lipinski definition) is 0. The van der Waals surface area contributed by atoms with Gasteiger partial charge in [-0.05, 0) is 55.5 Å². The minimum Gasteiger partial charge on any atom is -0.263 e. The molecule has 7 heteroatoms. The first-order valence-corrected chi connectivity index (χ1v) is 9.98. The Bertz CT molecular complexity index is 1070. The minimum atomic E-state index is -0.178. The molecule has 152 valence electrons. The lowest BCUT2D eigenvalue weighted by molar-refractivity contribution is 0.703. The molecule has 0 N–H and O–H groups in total. The van der Waals surface area contributed by atoms with Crippen LogP contribution in [0.15, 0.2) is 58.4 Å². The van der Waals surface area contributed by atoms with Crippen molar-refractivity contribution in [2.75, 3.05) is 11.6 Å². The topological polar surface area (TPSA) is 55.4 Å². The summed E-state index contributed by atoms with van der Waals surface area (Å²) in [5.74, 6) is 0.524. The number of rotatable bonds is 7. The molecule has 0 saturated carbocycles. The summed E-state index contributed by atoms with van der Waals surface area (Å²) in [6.07, 6.45) is 1.81. The summed E-state index contributed by atoms with van der Waals surface area (Å²) in [6.45, 7) is 4.71. The number of halogens is 1. The number of anilines is 1. The number of hydrogen-bond acceptors (Lipinski definition) is 4. The second-order valence-electron chi connectivity index (χ2n) is 7.11. The highest BCUT2D eigenvalue weighted by Crippen LogP contribution is 2.15. The second-order valence-corrected chi connectivity index (χ2v) is 7.55. The molecule has 0 saturated heterocycles. The smallest absolute Gasteiger partial charge is 0.263 e. The molecule has 0 spiro atoms. The van der Waals surface area contributed by atoms with Gasteiger partial charge in [0.05, 0.1) is 5.71 Å². The van der Waals surface area contributed by atoms with Gasteiger partial charge >= 0.3 is 5.69 Å². The van der Waals surface area contributed by atoms with Gasteiger partial charge in [0.15, 0.2) is 0 Å². The molecule has 3 aromatic rings. The Hall–Kier alpha value is -2.86. The molecule has 0 bridgehead atoms. The maximum Gasteiger partial charge on any atom is 0.346 e. The fourth-order valence-electron chi connectivity index (χ4n) is 3.21. The van der Waals surface area contributed by atoms with Gasteiger partial charge < -0.3 is 0 Å². The van der Waals surface area contributed by atoms with Crippen LogP contribution in [0, 0.1) is 6.92 Å². The van der Waals surface area contributed by atoms with Gasteiger partial charge in [-0.15, -0.1) is 5.10 Å². The predicted octanol–water partition coefficient (Wildman–Crippen LogP) is 3.94. The van der Waals surface area contributed by atoms with Gasteiger partial charge in [-0.3, -0.25) is 4.57 Å². The van der Waals surface area contributed by atoms with Crippen molar-refractivity contribution in [1.82, 2.24) is 14.3 Å². The van der Waals surface area contributed by atoms with E-state index < -0.39 is 0 Å². The Morgan fingerprint density at radius 2 is 1.83 bits per heavy atom. The van der Waals surface area contributed by atoms with Crippen LogP contribution in [0.1, 0.15) is 30.0 Å². The Morgan fingerprint density at radius 3 is 2.45 bits per heavy atom. The molecule has 0 aliphatic heterocycles. The largest absolute Gasteiger partial charge is 0.346 e. The van der Waals surface area contributed by atoms with E-state index in [1.165, 1.54) is 20.4 Å². The zero-order chi connectivity index (χ0) is 21.0. The first-order valence-electron chi connectivity index (χ1n) is 9.60. The summed E-state index contributed by atoms with van der Waals surface area (Å²) in [4.78, 5) is 12.2. The molecule has 0 atom stereocenters. The van der Waals surface area contributed by atoms with Crippen molar-refractivity contribution in [3.05, 3.63) is 80.7 Å². The molecule has 1 aromatic heterocycles. The van der Waals surface area contributed by atoms with E-state index in [0.717, 1.165) is 24.1 Å². The van der Waals surface area contributed by atoms with E-state index in [1.54, 1.807) is 14.1 Å². The monoisotopic (exact) mass is 411 g/mol. The van der Waals surface area contributed by atoms with Gasteiger partial charge in [-0.25, -0.2) is 14.5 Å². The molecular formula is C22H26ClN5O. The zero-order valence-corrected chi connectivity index (χ0v) is 18.0. The molecule has 0 unspecified atom stereocenters. The van der Waals surface area contributed by atoms with E-state index in [4.69, 9.17) is 16.7 Å². The summed E-state index contributed by atoms with van der Waals surface area (Å²) in [5.41, 5.74) is 4.23. The van der Waals surface area contributed by atoms with Crippen LogP contribution in [0.2, 0.25) is 5.02 Å². The Kier molecular flexibility index (Phi) is 6.54. The summed E-state index contributed by atoms with van der Waals surface area (Å²) >= 11 is 6.00. The maximum absolute atomic E-state index is 12.2. The van der Waals surface area contributed by atoms with Crippen molar-refractivity contribution in [3.8, 4) is 0 Å². The summed E-state index contributed by atoms with van der Waals surface area (Å²) in [7, 11) is 3.36. The van der Waals surface area contributed by atoms with E-state index in [0.29, 0.717) is 17.5 Å². The lowest BCUT2D eigenvalue weighted by Gasteiger charge is -2.19. The Labute approximate surface area is 176 Å². The molecular weight excluding hydrogens is 386 g/mol. The SMILES string of the molecule is C/C(=N\N(CCCc1ccccc1C)c1nn(C)c(=O)n1C)c1ccc(Cl)cc1. The normalized spacial score (nSPS) is 11.7. The van der Waals surface area contributed by atoms with E-state index in [9.17, 15) is 4.79 Å². The fraction of sp³-hybridized carbons (Fsp3) is 0.318. The summed E-state index contributed by atoms with van der Waals surface area (Å²) < 4.78 is 2.85. The van der Waals surface area contributed by atoms with Crippen LogP contribution in [0.4, 0.5) is 5.95 Å². The third-order valence-corrected chi connectivity index (χ3v) is 5.20. The number of aryl methyl sites for hydroxylation is 3. The first kappa shape index (κ1) is 20.9.